The normalized spacial score (nSPS) is 14.8. The lowest BCUT2D eigenvalue weighted by Crippen LogP contribution is -2.39. The van der Waals surface area contributed by atoms with Gasteiger partial charge in [0.25, 0.3) is 0 Å². The lowest BCUT2D eigenvalue weighted by molar-refractivity contribution is -0.888. The van der Waals surface area contributed by atoms with E-state index in [4.69, 9.17) is 6.90 Å². The molecule has 0 aliphatic carbocycles. The summed E-state index contributed by atoms with van der Waals surface area (Å²) in [6, 6.07) is 0. The summed E-state index contributed by atoms with van der Waals surface area (Å²) in [5.74, 6) is 0. The maximum atomic E-state index is 8.05. The van der Waals surface area contributed by atoms with E-state index in [1.165, 1.54) is 0 Å². The van der Waals surface area contributed by atoms with Crippen LogP contribution in [-0.2, 0) is 0 Å². The Morgan fingerprint density at radius 3 is 2.67 bits per heavy atom. The van der Waals surface area contributed by atoms with Crippen molar-refractivity contribution in [2.45, 2.75) is 19.8 Å². The van der Waals surface area contributed by atoms with Gasteiger partial charge in [0.05, 0.1) is 28.5 Å². The summed E-state index contributed by atoms with van der Waals surface area (Å²) in [6.45, 7) is 3.43. The molecule has 0 radical (unpaired) electrons. The van der Waals surface area contributed by atoms with Gasteiger partial charge in [0.2, 0.25) is 0 Å². The molecule has 0 aromatic heterocycles. The molecule has 0 spiro atoms. The summed E-state index contributed by atoms with van der Waals surface area (Å²) in [5, 5.41) is 3.44. The lowest BCUT2D eigenvalue weighted by Gasteiger charge is -2.27. The molecule has 0 aromatic carbocycles. The van der Waals surface area contributed by atoms with Gasteiger partial charge >= 0.3 is 0 Å². The molecule has 0 aliphatic heterocycles. The summed E-state index contributed by atoms with van der Waals surface area (Å²) in [6.07, 6.45) is 1.60. The van der Waals surface area contributed by atoms with Gasteiger partial charge in [-0.25, -0.2) is 0 Å². The zero-order valence-electron chi connectivity index (χ0n) is 9.19. The molecule has 0 fully saturated rings. The SMILES string of the molecule is [2H]C(CCCN=[N+]=[N-])[N+](C)(C)CC. The van der Waals surface area contributed by atoms with Crippen molar-refractivity contribution in [3.63, 3.8) is 0 Å². The largest absolute Gasteiger partial charge is 0.329 e. The minimum absolute atomic E-state index is 0.112. The summed E-state index contributed by atoms with van der Waals surface area (Å²) in [7, 11) is 4.09. The number of hydrogen-bond acceptors (Lipinski definition) is 1. The molecule has 0 N–H and O–H groups in total. The molecule has 0 heterocycles. The predicted octanol–water partition coefficient (Wildman–Crippen LogP) is 2.17. The number of hydrogen-bond donors (Lipinski definition) is 0. The highest BCUT2D eigenvalue weighted by molar-refractivity contribution is 4.47. The first kappa shape index (κ1) is 9.36. The van der Waals surface area contributed by atoms with Gasteiger partial charge in [-0.15, -0.1) is 0 Å². The van der Waals surface area contributed by atoms with Crippen molar-refractivity contribution in [1.82, 2.24) is 0 Å². The summed E-state index contributed by atoms with van der Waals surface area (Å²) in [4.78, 5) is 2.67. The molecule has 0 aromatic rings. The van der Waals surface area contributed by atoms with E-state index in [9.17, 15) is 0 Å². The average Bonchev–Trinajstić information content (AvgIpc) is 2.12. The van der Waals surface area contributed by atoms with Crippen LogP contribution in [0.5, 0.6) is 0 Å². The van der Waals surface area contributed by atoms with Crippen LogP contribution >= 0.6 is 0 Å². The van der Waals surface area contributed by atoms with E-state index >= 15 is 0 Å². The van der Waals surface area contributed by atoms with E-state index in [2.05, 4.69) is 16.9 Å². The van der Waals surface area contributed by atoms with Gasteiger partial charge in [-0.3, -0.25) is 0 Å². The van der Waals surface area contributed by atoms with Gasteiger partial charge in [-0.2, -0.15) is 0 Å². The van der Waals surface area contributed by atoms with Crippen LogP contribution in [-0.4, -0.2) is 38.2 Å². The topological polar surface area (TPSA) is 48.8 Å². The molecule has 0 aliphatic rings. The Kier molecular flexibility index (Phi) is 4.57. The molecular weight excluding hydrogens is 152 g/mol. The fraction of sp³-hybridized carbons (Fsp3) is 1.00. The van der Waals surface area contributed by atoms with Crippen LogP contribution in [0.25, 0.3) is 10.4 Å². The van der Waals surface area contributed by atoms with Crippen molar-refractivity contribution in [1.29, 1.82) is 0 Å². The molecule has 1 atom stereocenters. The monoisotopic (exact) mass is 172 g/mol. The van der Waals surface area contributed by atoms with Crippen molar-refractivity contribution in [3.8, 4) is 0 Å². The van der Waals surface area contributed by atoms with Gasteiger partial charge in [0.1, 0.15) is 0 Å². The molecule has 0 rings (SSSR count). The van der Waals surface area contributed by atoms with Crippen molar-refractivity contribution in [3.05, 3.63) is 10.4 Å². The van der Waals surface area contributed by atoms with Crippen LogP contribution in [0.2, 0.25) is 0 Å². The van der Waals surface area contributed by atoms with E-state index in [-0.39, 0.29) is 6.52 Å². The molecule has 0 amide bonds. The van der Waals surface area contributed by atoms with Crippen LogP contribution in [0.1, 0.15) is 21.1 Å². The van der Waals surface area contributed by atoms with Crippen LogP contribution in [0.3, 0.4) is 0 Å². The number of quaternary nitrogens is 1. The Bertz CT molecular complexity index is 187. The Morgan fingerprint density at radius 1 is 1.50 bits per heavy atom. The average molecular weight is 172 g/mol. The first-order valence-corrected chi connectivity index (χ1v) is 4.30. The lowest BCUT2D eigenvalue weighted by atomic mass is 10.3. The van der Waals surface area contributed by atoms with Gasteiger partial charge in [0, 0.05) is 11.5 Å². The molecular formula is C8H19N4+. The van der Waals surface area contributed by atoms with E-state index in [0.717, 1.165) is 19.4 Å². The van der Waals surface area contributed by atoms with Crippen LogP contribution in [0, 0.1) is 0 Å². The first-order valence-electron chi connectivity index (χ1n) is 4.88. The fourth-order valence-corrected chi connectivity index (χ4v) is 0.777. The highest BCUT2D eigenvalue weighted by Crippen LogP contribution is 2.00. The van der Waals surface area contributed by atoms with Crippen molar-refractivity contribution in [2.75, 3.05) is 33.7 Å². The van der Waals surface area contributed by atoms with Gasteiger partial charge in [-0.05, 0) is 25.3 Å². The smallest absolute Gasteiger partial charge is 0.0924 e. The third-order valence-corrected chi connectivity index (χ3v) is 1.96. The molecule has 0 saturated carbocycles. The number of azide groups is 1. The number of nitrogens with zero attached hydrogens (tertiary/aromatic N) is 4. The van der Waals surface area contributed by atoms with Gasteiger partial charge in [0.15, 0.2) is 0 Å². The van der Waals surface area contributed by atoms with E-state index in [1.54, 1.807) is 0 Å². The Morgan fingerprint density at radius 2 is 2.17 bits per heavy atom. The van der Waals surface area contributed by atoms with E-state index in [1.807, 2.05) is 14.1 Å². The van der Waals surface area contributed by atoms with Crippen molar-refractivity contribution in [2.24, 2.45) is 5.11 Å². The molecule has 70 valence electrons. The third kappa shape index (κ3) is 6.01. The van der Waals surface area contributed by atoms with Crippen molar-refractivity contribution >= 4 is 0 Å². The Balaban J connectivity index is 3.73. The van der Waals surface area contributed by atoms with Crippen LogP contribution in [0.4, 0.5) is 0 Å². The van der Waals surface area contributed by atoms with Gasteiger partial charge in [-0.1, -0.05) is 5.11 Å². The second kappa shape index (κ2) is 5.86. The highest BCUT2D eigenvalue weighted by atomic mass is 15.3. The standard InChI is InChI=1S/C8H19N4/c1-4-12(2,3)8-6-5-7-10-11-9/h4-8H2,1-3H3/q+1/i8D. The summed E-state index contributed by atoms with van der Waals surface area (Å²) in [5.41, 5.74) is 8.05. The molecule has 0 saturated heterocycles. The molecule has 4 nitrogen and oxygen atoms in total. The Hall–Kier alpha value is -0.730. The zero-order valence-corrected chi connectivity index (χ0v) is 8.19. The summed E-state index contributed by atoms with van der Waals surface area (Å²) >= 11 is 0. The molecule has 4 heteroatoms. The van der Waals surface area contributed by atoms with E-state index < -0.39 is 0 Å². The first-order chi connectivity index (χ1) is 6.04. The third-order valence-electron chi connectivity index (χ3n) is 1.96. The number of rotatable bonds is 6. The molecule has 1 unspecified atom stereocenters. The maximum Gasteiger partial charge on any atom is 0.0924 e. The van der Waals surface area contributed by atoms with E-state index in [0.29, 0.717) is 11.0 Å². The molecule has 0 bridgehead atoms. The van der Waals surface area contributed by atoms with Crippen LogP contribution < -0.4 is 0 Å². The highest BCUT2D eigenvalue weighted by Gasteiger charge is 2.09. The minimum Gasteiger partial charge on any atom is -0.329 e. The summed E-state index contributed by atoms with van der Waals surface area (Å²) < 4.78 is 8.55. The van der Waals surface area contributed by atoms with Crippen LogP contribution in [0.15, 0.2) is 5.11 Å². The maximum absolute atomic E-state index is 8.05. The Labute approximate surface area is 75.8 Å². The predicted molar refractivity (Wildman–Crippen MR) is 50.8 cm³/mol. The van der Waals surface area contributed by atoms with Gasteiger partial charge < -0.3 is 4.48 Å². The zero-order chi connectivity index (χ0) is 10.3. The second-order valence-electron chi connectivity index (χ2n) is 3.37. The fourth-order valence-electron chi connectivity index (χ4n) is 0.777. The van der Waals surface area contributed by atoms with Crippen molar-refractivity contribution < 1.29 is 5.85 Å². The second-order valence-corrected chi connectivity index (χ2v) is 3.37. The molecule has 12 heavy (non-hydrogen) atoms. The minimum atomic E-state index is -0.112. The quantitative estimate of drug-likeness (QED) is 0.194.